The summed E-state index contributed by atoms with van der Waals surface area (Å²) in [6, 6.07) is 0. The average Bonchev–Trinajstić information content (AvgIpc) is 2.16. The predicted molar refractivity (Wildman–Crippen MR) is 70.2 cm³/mol. The summed E-state index contributed by atoms with van der Waals surface area (Å²) in [5.41, 5.74) is 0.744. The summed E-state index contributed by atoms with van der Waals surface area (Å²) in [6.45, 7) is 12.3. The van der Waals surface area contributed by atoms with E-state index in [1.54, 1.807) is 6.08 Å². The van der Waals surface area contributed by atoms with Gasteiger partial charge >= 0.3 is 0 Å². The maximum atomic E-state index is 10.1. The summed E-state index contributed by atoms with van der Waals surface area (Å²) in [5.74, 6) is 1.90. The third-order valence-corrected chi connectivity index (χ3v) is 3.87. The first-order valence-corrected chi connectivity index (χ1v) is 6.39. The monoisotopic (exact) mass is 222 g/mol. The van der Waals surface area contributed by atoms with E-state index in [2.05, 4.69) is 33.4 Å². The van der Waals surface area contributed by atoms with E-state index in [1.807, 2.05) is 6.92 Å². The smallest absolute Gasteiger partial charge is 0.0802 e. The van der Waals surface area contributed by atoms with Crippen molar-refractivity contribution in [2.24, 2.45) is 17.8 Å². The molecule has 1 N–H and O–H groups in total. The Kier molecular flexibility index (Phi) is 4.37. The zero-order chi connectivity index (χ0) is 12.3. The van der Waals surface area contributed by atoms with Gasteiger partial charge in [0.2, 0.25) is 0 Å². The fraction of sp³-hybridized carbons (Fsp3) is 0.733. The highest BCUT2D eigenvalue weighted by Crippen LogP contribution is 2.38. The Balaban J connectivity index is 2.79. The molecule has 1 rings (SSSR count). The van der Waals surface area contributed by atoms with Gasteiger partial charge in [0.05, 0.1) is 5.60 Å². The van der Waals surface area contributed by atoms with Crippen LogP contribution in [0.2, 0.25) is 0 Å². The molecule has 0 fully saturated rings. The van der Waals surface area contributed by atoms with E-state index in [0.29, 0.717) is 17.8 Å². The second kappa shape index (κ2) is 5.18. The molecular formula is C15H26O. The average molecular weight is 222 g/mol. The van der Waals surface area contributed by atoms with Gasteiger partial charge in [-0.3, -0.25) is 0 Å². The molecule has 1 unspecified atom stereocenters. The summed E-state index contributed by atoms with van der Waals surface area (Å²) >= 11 is 0. The molecule has 0 amide bonds. The number of hydrogen-bond donors (Lipinski definition) is 1. The summed E-state index contributed by atoms with van der Waals surface area (Å²) < 4.78 is 0. The van der Waals surface area contributed by atoms with Gasteiger partial charge in [0, 0.05) is 0 Å². The Labute approximate surface area is 100 Å². The summed E-state index contributed by atoms with van der Waals surface area (Å²) in [6.07, 6.45) is 7.32. The number of aliphatic hydroxyl groups is 1. The van der Waals surface area contributed by atoms with Crippen LogP contribution in [0.1, 0.15) is 47.0 Å². The van der Waals surface area contributed by atoms with Crippen molar-refractivity contribution in [3.63, 3.8) is 0 Å². The first-order valence-electron chi connectivity index (χ1n) is 6.39. The van der Waals surface area contributed by atoms with Crippen LogP contribution in [0.4, 0.5) is 0 Å². The van der Waals surface area contributed by atoms with Crippen LogP contribution in [-0.2, 0) is 0 Å². The van der Waals surface area contributed by atoms with Crippen LogP contribution in [0, 0.1) is 17.8 Å². The maximum absolute atomic E-state index is 10.1. The first-order chi connectivity index (χ1) is 7.35. The van der Waals surface area contributed by atoms with Crippen molar-refractivity contribution in [1.82, 2.24) is 0 Å². The van der Waals surface area contributed by atoms with Gasteiger partial charge in [-0.25, -0.2) is 0 Å². The lowest BCUT2D eigenvalue weighted by Gasteiger charge is -2.36. The van der Waals surface area contributed by atoms with E-state index in [-0.39, 0.29) is 0 Å². The van der Waals surface area contributed by atoms with Crippen LogP contribution in [0.25, 0.3) is 0 Å². The van der Waals surface area contributed by atoms with E-state index in [4.69, 9.17) is 0 Å². The molecule has 0 saturated heterocycles. The summed E-state index contributed by atoms with van der Waals surface area (Å²) in [7, 11) is 0. The van der Waals surface area contributed by atoms with Gasteiger partial charge in [0.15, 0.2) is 0 Å². The molecule has 0 aromatic heterocycles. The zero-order valence-corrected chi connectivity index (χ0v) is 11.2. The van der Waals surface area contributed by atoms with Crippen LogP contribution in [-0.4, -0.2) is 10.7 Å². The molecular weight excluding hydrogens is 196 g/mol. The zero-order valence-electron chi connectivity index (χ0n) is 11.2. The third kappa shape index (κ3) is 3.48. The molecule has 92 valence electrons. The molecule has 0 aliphatic heterocycles. The van der Waals surface area contributed by atoms with Crippen LogP contribution in [0.5, 0.6) is 0 Å². The second-order valence-electron chi connectivity index (χ2n) is 5.89. The Morgan fingerprint density at radius 3 is 2.75 bits per heavy atom. The molecule has 0 aromatic carbocycles. The number of rotatable bonds is 4. The van der Waals surface area contributed by atoms with Gasteiger partial charge in [-0.15, -0.1) is 6.58 Å². The normalized spacial score (nSPS) is 29.8. The minimum Gasteiger partial charge on any atom is -0.386 e. The van der Waals surface area contributed by atoms with Crippen molar-refractivity contribution in [3.05, 3.63) is 24.3 Å². The van der Waals surface area contributed by atoms with E-state index in [0.717, 1.165) is 6.42 Å². The summed E-state index contributed by atoms with van der Waals surface area (Å²) in [4.78, 5) is 0. The van der Waals surface area contributed by atoms with Crippen LogP contribution < -0.4 is 0 Å². The molecule has 16 heavy (non-hydrogen) atoms. The SMILES string of the molecule is C=C[C@](C)(O)CC1C=C(C)CC[C@@H]1C(C)C. The predicted octanol–water partition coefficient (Wildman–Crippen LogP) is 3.94. The molecule has 0 saturated carbocycles. The molecule has 3 atom stereocenters. The third-order valence-electron chi connectivity index (χ3n) is 3.87. The first kappa shape index (κ1) is 13.5. The fourth-order valence-electron chi connectivity index (χ4n) is 2.78. The minimum absolute atomic E-state index is 0.502. The molecule has 1 heteroatoms. The Morgan fingerprint density at radius 2 is 2.25 bits per heavy atom. The molecule has 0 radical (unpaired) electrons. The second-order valence-corrected chi connectivity index (χ2v) is 5.89. The molecule has 1 nitrogen and oxygen atoms in total. The highest BCUT2D eigenvalue weighted by atomic mass is 16.3. The number of hydrogen-bond acceptors (Lipinski definition) is 1. The van der Waals surface area contributed by atoms with Crippen molar-refractivity contribution >= 4 is 0 Å². The summed E-state index contributed by atoms with van der Waals surface area (Å²) in [5, 5.41) is 10.1. The van der Waals surface area contributed by atoms with Gasteiger partial charge in [-0.05, 0) is 50.9 Å². The molecule has 0 spiro atoms. The van der Waals surface area contributed by atoms with Gasteiger partial charge in [0.25, 0.3) is 0 Å². The highest BCUT2D eigenvalue weighted by Gasteiger charge is 2.30. The number of allylic oxidation sites excluding steroid dienone is 2. The van der Waals surface area contributed by atoms with E-state index in [9.17, 15) is 5.11 Å². The van der Waals surface area contributed by atoms with Crippen LogP contribution >= 0.6 is 0 Å². The topological polar surface area (TPSA) is 20.2 Å². The Morgan fingerprint density at radius 1 is 1.62 bits per heavy atom. The van der Waals surface area contributed by atoms with Gasteiger partial charge < -0.3 is 5.11 Å². The molecule has 1 aliphatic rings. The fourth-order valence-corrected chi connectivity index (χ4v) is 2.78. The van der Waals surface area contributed by atoms with Gasteiger partial charge in [-0.2, -0.15) is 0 Å². The molecule has 0 heterocycles. The lowest BCUT2D eigenvalue weighted by molar-refractivity contribution is 0.0697. The Hall–Kier alpha value is -0.560. The maximum Gasteiger partial charge on any atom is 0.0802 e. The highest BCUT2D eigenvalue weighted by molar-refractivity contribution is 5.10. The van der Waals surface area contributed by atoms with Gasteiger partial charge in [0.1, 0.15) is 0 Å². The van der Waals surface area contributed by atoms with Crippen molar-refractivity contribution in [1.29, 1.82) is 0 Å². The lowest BCUT2D eigenvalue weighted by Crippen LogP contribution is -2.31. The van der Waals surface area contributed by atoms with Gasteiger partial charge in [-0.1, -0.05) is 31.6 Å². The quantitative estimate of drug-likeness (QED) is 0.714. The van der Waals surface area contributed by atoms with E-state index < -0.39 is 5.60 Å². The minimum atomic E-state index is -0.730. The Bertz CT molecular complexity index is 273. The van der Waals surface area contributed by atoms with Crippen molar-refractivity contribution in [3.8, 4) is 0 Å². The molecule has 0 aromatic rings. The molecule has 0 bridgehead atoms. The van der Waals surface area contributed by atoms with Crippen molar-refractivity contribution < 1.29 is 5.11 Å². The van der Waals surface area contributed by atoms with Crippen LogP contribution in [0.15, 0.2) is 24.3 Å². The largest absolute Gasteiger partial charge is 0.386 e. The van der Waals surface area contributed by atoms with E-state index in [1.165, 1.54) is 18.4 Å². The van der Waals surface area contributed by atoms with E-state index >= 15 is 0 Å². The van der Waals surface area contributed by atoms with Crippen LogP contribution in [0.3, 0.4) is 0 Å². The van der Waals surface area contributed by atoms with Crippen molar-refractivity contribution in [2.45, 2.75) is 52.6 Å². The molecule has 1 aliphatic carbocycles. The standard InChI is InChI=1S/C15H26O/c1-6-15(5,16)10-13-9-12(4)7-8-14(13)11(2)3/h6,9,11,13-14,16H,1,7-8,10H2,2-5H3/t13?,14-,15+/m1/s1. The lowest BCUT2D eigenvalue weighted by atomic mass is 9.71. The van der Waals surface area contributed by atoms with Crippen molar-refractivity contribution in [2.75, 3.05) is 0 Å².